The highest BCUT2D eigenvalue weighted by Crippen LogP contribution is 2.36. The van der Waals surface area contributed by atoms with Crippen molar-refractivity contribution in [2.45, 2.75) is 31.6 Å². The van der Waals surface area contributed by atoms with E-state index in [0.717, 1.165) is 55.4 Å². The smallest absolute Gasteiger partial charge is 0.195 e. The number of hydrogen-bond acceptors (Lipinski definition) is 3. The summed E-state index contributed by atoms with van der Waals surface area (Å²) < 4.78 is 38.8. The monoisotopic (exact) mass is 434 g/mol. The van der Waals surface area contributed by atoms with E-state index in [4.69, 9.17) is 9.47 Å². The minimum atomic E-state index is -0.771. The van der Waals surface area contributed by atoms with Crippen molar-refractivity contribution in [3.05, 3.63) is 70.9 Å². The van der Waals surface area contributed by atoms with Crippen LogP contribution in [0.25, 0.3) is 10.9 Å². The topological polar surface area (TPSA) is 37.5 Å². The first kappa shape index (κ1) is 21.2. The number of aromatic amines is 1. The van der Waals surface area contributed by atoms with Gasteiger partial charge in [0.25, 0.3) is 0 Å². The fourth-order valence-corrected chi connectivity index (χ4v) is 4.59. The predicted molar refractivity (Wildman–Crippen MR) is 114 cm³/mol. The Morgan fingerprint density at radius 3 is 2.50 bits per heavy atom. The number of hydrogen-bond donors (Lipinski definition) is 1. The maximum Gasteiger partial charge on any atom is 0.195 e. The lowest BCUT2D eigenvalue weighted by Gasteiger charge is -2.31. The summed E-state index contributed by atoms with van der Waals surface area (Å²) >= 11 is 0. The lowest BCUT2D eigenvalue weighted by atomic mass is 9.99. The van der Waals surface area contributed by atoms with E-state index in [1.807, 2.05) is 6.07 Å². The normalized spacial score (nSPS) is 18.3. The molecule has 0 bridgehead atoms. The van der Waals surface area contributed by atoms with Crippen molar-refractivity contribution in [1.82, 2.24) is 9.88 Å². The Bertz CT molecular complexity index is 1020. The summed E-state index contributed by atoms with van der Waals surface area (Å²) in [7, 11) is 0. The van der Waals surface area contributed by atoms with E-state index in [2.05, 4.69) is 9.88 Å². The van der Waals surface area contributed by atoms with Gasteiger partial charge in [-0.25, -0.2) is 8.78 Å². The molecule has 0 amide bonds. The third kappa shape index (κ3) is 3.97. The van der Waals surface area contributed by atoms with Gasteiger partial charge >= 0.3 is 0 Å². The summed E-state index contributed by atoms with van der Waals surface area (Å²) in [6.45, 7) is 3.84. The fraction of sp³-hybridized carbons (Fsp3) is 0.391. The van der Waals surface area contributed by atoms with Gasteiger partial charge in [-0.2, -0.15) is 0 Å². The standard InChI is InChI=1S/C23H24F2N2O2.ClH/c24-17-4-2-16(3-5-17)23(28-12-13-29-23)9-1-10-27-11-8-21-20(15-27)19-7-6-18(25)14-22(19)26-21;/h2-7,14,26H,1,8-13,15H2;1H. The number of nitrogens with zero attached hydrogens (tertiary/aromatic N) is 1. The molecule has 1 fully saturated rings. The Kier molecular flexibility index (Phi) is 6.11. The van der Waals surface area contributed by atoms with Crippen molar-refractivity contribution in [3.63, 3.8) is 0 Å². The number of nitrogens with one attached hydrogen (secondary N) is 1. The molecule has 0 aliphatic carbocycles. The van der Waals surface area contributed by atoms with Crippen LogP contribution in [0.2, 0.25) is 0 Å². The van der Waals surface area contributed by atoms with Crippen LogP contribution in [-0.2, 0) is 28.2 Å². The molecule has 0 saturated carbocycles. The van der Waals surface area contributed by atoms with Gasteiger partial charge in [0.05, 0.1) is 13.2 Å². The van der Waals surface area contributed by atoms with E-state index < -0.39 is 5.79 Å². The number of aromatic nitrogens is 1. The van der Waals surface area contributed by atoms with Crippen LogP contribution < -0.4 is 0 Å². The van der Waals surface area contributed by atoms with Crippen LogP contribution in [-0.4, -0.2) is 36.2 Å². The van der Waals surface area contributed by atoms with Crippen molar-refractivity contribution in [2.75, 3.05) is 26.3 Å². The second-order valence-corrected chi connectivity index (χ2v) is 7.86. The molecule has 2 aromatic carbocycles. The van der Waals surface area contributed by atoms with Crippen LogP contribution in [0.5, 0.6) is 0 Å². The average molecular weight is 435 g/mol. The van der Waals surface area contributed by atoms with Crippen LogP contribution in [0.15, 0.2) is 42.5 Å². The highest BCUT2D eigenvalue weighted by Gasteiger charge is 2.38. The molecule has 0 spiro atoms. The second-order valence-electron chi connectivity index (χ2n) is 7.86. The van der Waals surface area contributed by atoms with E-state index in [1.54, 1.807) is 18.2 Å². The number of fused-ring (bicyclic) bond motifs is 3. The van der Waals surface area contributed by atoms with Gasteiger partial charge in [0, 0.05) is 48.1 Å². The summed E-state index contributed by atoms with van der Waals surface area (Å²) in [4.78, 5) is 5.80. The van der Waals surface area contributed by atoms with Crippen molar-refractivity contribution in [3.8, 4) is 0 Å². The van der Waals surface area contributed by atoms with E-state index >= 15 is 0 Å². The molecule has 1 N–H and O–H groups in total. The van der Waals surface area contributed by atoms with Gasteiger partial charge < -0.3 is 14.5 Å². The van der Waals surface area contributed by atoms with Gasteiger partial charge in [0.2, 0.25) is 0 Å². The van der Waals surface area contributed by atoms with Gasteiger partial charge in [0.15, 0.2) is 5.79 Å². The van der Waals surface area contributed by atoms with Gasteiger partial charge in [-0.3, -0.25) is 4.90 Å². The molecule has 4 nitrogen and oxygen atoms in total. The number of ether oxygens (including phenoxy) is 2. The maximum absolute atomic E-state index is 13.5. The third-order valence-corrected chi connectivity index (χ3v) is 6.03. The second kappa shape index (κ2) is 8.63. The molecule has 30 heavy (non-hydrogen) atoms. The summed E-state index contributed by atoms with van der Waals surface area (Å²) in [5.41, 5.74) is 4.23. The van der Waals surface area contributed by atoms with Crippen LogP contribution in [0.4, 0.5) is 8.78 Å². The molecule has 7 heteroatoms. The van der Waals surface area contributed by atoms with Gasteiger partial charge in [-0.05, 0) is 48.9 Å². The van der Waals surface area contributed by atoms with Crippen LogP contribution in [0.3, 0.4) is 0 Å². The molecule has 1 aromatic heterocycles. The molecule has 2 aliphatic heterocycles. The lowest BCUT2D eigenvalue weighted by molar-refractivity contribution is -0.172. The first-order valence-corrected chi connectivity index (χ1v) is 10.2. The molecule has 0 radical (unpaired) electrons. The van der Waals surface area contributed by atoms with Crippen molar-refractivity contribution >= 4 is 23.3 Å². The predicted octanol–water partition coefficient (Wildman–Crippen LogP) is 4.91. The van der Waals surface area contributed by atoms with E-state index in [1.165, 1.54) is 29.5 Å². The Hall–Kier alpha value is -1.99. The largest absolute Gasteiger partial charge is 0.358 e. The third-order valence-electron chi connectivity index (χ3n) is 6.03. The fourth-order valence-electron chi connectivity index (χ4n) is 4.59. The summed E-state index contributed by atoms with van der Waals surface area (Å²) in [5, 5.41) is 1.11. The molecular formula is C23H25ClF2N2O2. The molecule has 0 unspecified atom stereocenters. The van der Waals surface area contributed by atoms with E-state index in [9.17, 15) is 8.78 Å². The summed E-state index contributed by atoms with van der Waals surface area (Å²) in [5.74, 6) is -1.24. The highest BCUT2D eigenvalue weighted by molar-refractivity contribution is 5.85. The maximum atomic E-state index is 13.5. The van der Waals surface area contributed by atoms with Crippen LogP contribution >= 0.6 is 12.4 Å². The summed E-state index contributed by atoms with van der Waals surface area (Å²) in [6, 6.07) is 11.4. The number of benzene rings is 2. The summed E-state index contributed by atoms with van der Waals surface area (Å²) in [6.07, 6.45) is 2.56. The SMILES string of the molecule is Cl.Fc1ccc(C2(CCCN3CCc4[nH]c5cc(F)ccc5c4C3)OCCO2)cc1. The molecule has 160 valence electrons. The zero-order valence-corrected chi connectivity index (χ0v) is 17.4. The first-order chi connectivity index (χ1) is 14.1. The van der Waals surface area contributed by atoms with Gasteiger partial charge in [0.1, 0.15) is 11.6 Å². The zero-order valence-electron chi connectivity index (χ0n) is 16.6. The van der Waals surface area contributed by atoms with Gasteiger partial charge in [-0.1, -0.05) is 12.1 Å². The Morgan fingerprint density at radius 1 is 1.00 bits per heavy atom. The molecule has 3 heterocycles. The minimum absolute atomic E-state index is 0. The van der Waals surface area contributed by atoms with Crippen molar-refractivity contribution < 1.29 is 18.3 Å². The highest BCUT2D eigenvalue weighted by atomic mass is 35.5. The molecule has 2 aliphatic rings. The number of halogens is 3. The molecule has 0 atom stereocenters. The van der Waals surface area contributed by atoms with Crippen LogP contribution in [0.1, 0.15) is 29.7 Å². The van der Waals surface area contributed by atoms with Crippen molar-refractivity contribution in [2.24, 2.45) is 0 Å². The quantitative estimate of drug-likeness (QED) is 0.620. The minimum Gasteiger partial charge on any atom is -0.358 e. The molecule has 3 aromatic rings. The average Bonchev–Trinajstić information content (AvgIpc) is 3.33. The van der Waals surface area contributed by atoms with E-state index in [-0.39, 0.29) is 24.0 Å². The first-order valence-electron chi connectivity index (χ1n) is 10.2. The zero-order chi connectivity index (χ0) is 19.8. The Balaban J connectivity index is 0.00000218. The van der Waals surface area contributed by atoms with Gasteiger partial charge in [-0.15, -0.1) is 12.4 Å². The Labute approximate surface area is 180 Å². The molecular weight excluding hydrogens is 410 g/mol. The van der Waals surface area contributed by atoms with E-state index in [0.29, 0.717) is 13.2 Å². The number of rotatable bonds is 5. The molecule has 1 saturated heterocycles. The molecule has 5 rings (SSSR count). The number of H-pyrrole nitrogens is 1. The Morgan fingerprint density at radius 2 is 1.73 bits per heavy atom. The lowest BCUT2D eigenvalue weighted by Crippen LogP contribution is -2.33. The van der Waals surface area contributed by atoms with Crippen LogP contribution in [0, 0.1) is 11.6 Å². The van der Waals surface area contributed by atoms with Crippen molar-refractivity contribution in [1.29, 1.82) is 0 Å².